The Labute approximate surface area is 127 Å². The number of hydrogen-bond donors (Lipinski definition) is 0. The van der Waals surface area contributed by atoms with Crippen molar-refractivity contribution in [1.82, 2.24) is 4.90 Å². The van der Waals surface area contributed by atoms with Gasteiger partial charge in [-0.15, -0.1) is 0 Å². The zero-order chi connectivity index (χ0) is 15.7. The number of benzene rings is 1. The molecule has 0 spiro atoms. The number of allylic oxidation sites excluding steroid dienone is 2. The molecule has 0 amide bonds. The first kappa shape index (κ1) is 14.3. The number of carbonyl (C=O) groups is 3. The standard InChI is InChI=1S/C17H15NO4/c1-11(19)22-10-12-6-7-18(9-12)15-8-16(20)13-4-2-3-5-14(13)17(15)21/h2-6,8H,7,9-10H2,1H3. The molecule has 0 bridgehead atoms. The normalized spacial score (nSPS) is 17.0. The van der Waals surface area contributed by atoms with E-state index in [1.807, 2.05) is 11.0 Å². The lowest BCUT2D eigenvalue weighted by Gasteiger charge is -2.24. The first-order valence-corrected chi connectivity index (χ1v) is 7.02. The maximum absolute atomic E-state index is 12.6. The fraction of sp³-hybridized carbons (Fsp3) is 0.235. The summed E-state index contributed by atoms with van der Waals surface area (Å²) in [6, 6.07) is 6.84. The fourth-order valence-electron chi connectivity index (χ4n) is 2.63. The number of carbonyl (C=O) groups excluding carboxylic acids is 3. The number of nitrogens with zero attached hydrogens (tertiary/aromatic N) is 1. The van der Waals surface area contributed by atoms with E-state index in [0.717, 1.165) is 5.57 Å². The fourth-order valence-corrected chi connectivity index (χ4v) is 2.63. The number of ether oxygens (including phenoxy) is 1. The van der Waals surface area contributed by atoms with Gasteiger partial charge in [-0.1, -0.05) is 30.3 Å². The molecule has 0 radical (unpaired) electrons. The van der Waals surface area contributed by atoms with Gasteiger partial charge in [-0.05, 0) is 5.57 Å². The summed E-state index contributed by atoms with van der Waals surface area (Å²) in [4.78, 5) is 37.4. The second kappa shape index (κ2) is 5.60. The average Bonchev–Trinajstić information content (AvgIpc) is 2.97. The Balaban J connectivity index is 1.76. The lowest BCUT2D eigenvalue weighted by molar-refractivity contribution is -0.140. The Morgan fingerprint density at radius 1 is 1.23 bits per heavy atom. The topological polar surface area (TPSA) is 63.7 Å². The predicted molar refractivity (Wildman–Crippen MR) is 79.5 cm³/mol. The molecule has 0 saturated heterocycles. The van der Waals surface area contributed by atoms with Crippen molar-refractivity contribution in [2.45, 2.75) is 6.92 Å². The van der Waals surface area contributed by atoms with Crippen LogP contribution in [-0.4, -0.2) is 42.1 Å². The molecule has 1 aromatic rings. The van der Waals surface area contributed by atoms with E-state index in [2.05, 4.69) is 0 Å². The highest BCUT2D eigenvalue weighted by atomic mass is 16.5. The summed E-state index contributed by atoms with van der Waals surface area (Å²) in [5, 5.41) is 0. The van der Waals surface area contributed by atoms with E-state index in [4.69, 9.17) is 4.74 Å². The molecule has 1 aliphatic carbocycles. The van der Waals surface area contributed by atoms with Crippen LogP contribution in [-0.2, 0) is 9.53 Å². The van der Waals surface area contributed by atoms with Gasteiger partial charge in [0, 0.05) is 37.2 Å². The van der Waals surface area contributed by atoms with Crippen molar-refractivity contribution in [1.29, 1.82) is 0 Å². The number of hydrogen-bond acceptors (Lipinski definition) is 5. The number of rotatable bonds is 3. The first-order valence-electron chi connectivity index (χ1n) is 7.02. The summed E-state index contributed by atoms with van der Waals surface area (Å²) in [6.07, 6.45) is 3.31. The van der Waals surface area contributed by atoms with Crippen LogP contribution in [0.2, 0.25) is 0 Å². The minimum atomic E-state index is -0.337. The van der Waals surface area contributed by atoms with Crippen molar-refractivity contribution in [2.24, 2.45) is 0 Å². The highest BCUT2D eigenvalue weighted by Crippen LogP contribution is 2.25. The summed E-state index contributed by atoms with van der Waals surface area (Å²) >= 11 is 0. The maximum atomic E-state index is 12.6. The second-order valence-electron chi connectivity index (χ2n) is 5.29. The van der Waals surface area contributed by atoms with Gasteiger partial charge in [-0.2, -0.15) is 0 Å². The van der Waals surface area contributed by atoms with Crippen LogP contribution in [0, 0.1) is 0 Å². The molecule has 0 unspecified atom stereocenters. The molecule has 5 heteroatoms. The lowest BCUT2D eigenvalue weighted by atomic mass is 9.92. The van der Waals surface area contributed by atoms with E-state index in [-0.39, 0.29) is 24.1 Å². The second-order valence-corrected chi connectivity index (χ2v) is 5.29. The smallest absolute Gasteiger partial charge is 0.302 e. The van der Waals surface area contributed by atoms with Crippen LogP contribution in [0.15, 0.2) is 47.7 Å². The molecular weight excluding hydrogens is 282 g/mol. The molecule has 1 aromatic carbocycles. The molecule has 112 valence electrons. The van der Waals surface area contributed by atoms with Crippen molar-refractivity contribution in [2.75, 3.05) is 19.7 Å². The molecule has 3 rings (SSSR count). The third-order valence-corrected chi connectivity index (χ3v) is 3.73. The SMILES string of the molecule is CC(=O)OCC1=CCN(C2=CC(=O)c3ccccc3C2=O)C1. The zero-order valence-corrected chi connectivity index (χ0v) is 12.2. The van der Waals surface area contributed by atoms with Gasteiger partial charge < -0.3 is 9.64 Å². The van der Waals surface area contributed by atoms with Crippen molar-refractivity contribution in [3.63, 3.8) is 0 Å². The van der Waals surface area contributed by atoms with Crippen LogP contribution in [0.3, 0.4) is 0 Å². The number of esters is 1. The third kappa shape index (κ3) is 2.57. The lowest BCUT2D eigenvalue weighted by Crippen LogP contribution is -2.30. The third-order valence-electron chi connectivity index (χ3n) is 3.73. The highest BCUT2D eigenvalue weighted by molar-refractivity contribution is 6.24. The summed E-state index contributed by atoms with van der Waals surface area (Å²) in [6.45, 7) is 2.60. The van der Waals surface area contributed by atoms with E-state index >= 15 is 0 Å². The van der Waals surface area contributed by atoms with Gasteiger partial charge in [0.05, 0.1) is 5.70 Å². The molecule has 0 atom stereocenters. The number of ketones is 2. The number of Topliss-reactive ketones (excluding diaryl/α,β-unsaturated/α-hetero) is 1. The van der Waals surface area contributed by atoms with Crippen LogP contribution in [0.25, 0.3) is 0 Å². The molecule has 1 heterocycles. The van der Waals surface area contributed by atoms with Crippen LogP contribution < -0.4 is 0 Å². The summed E-state index contributed by atoms with van der Waals surface area (Å²) in [5.41, 5.74) is 2.22. The van der Waals surface area contributed by atoms with E-state index in [1.165, 1.54) is 13.0 Å². The monoisotopic (exact) mass is 297 g/mol. The number of fused-ring (bicyclic) bond motifs is 1. The van der Waals surface area contributed by atoms with Crippen molar-refractivity contribution in [3.8, 4) is 0 Å². The zero-order valence-electron chi connectivity index (χ0n) is 12.2. The van der Waals surface area contributed by atoms with Gasteiger partial charge in [0.2, 0.25) is 5.78 Å². The molecule has 2 aliphatic rings. The Hall–Kier alpha value is -2.69. The van der Waals surface area contributed by atoms with E-state index < -0.39 is 0 Å². The quantitative estimate of drug-likeness (QED) is 0.628. The van der Waals surface area contributed by atoms with Crippen LogP contribution in [0.4, 0.5) is 0 Å². The minimum Gasteiger partial charge on any atom is -0.461 e. The average molecular weight is 297 g/mol. The molecule has 0 fully saturated rings. The van der Waals surface area contributed by atoms with E-state index in [1.54, 1.807) is 24.3 Å². The van der Waals surface area contributed by atoms with E-state index in [0.29, 0.717) is 29.9 Å². The Kier molecular flexibility index (Phi) is 3.63. The van der Waals surface area contributed by atoms with Crippen molar-refractivity contribution in [3.05, 3.63) is 58.8 Å². The molecule has 0 saturated carbocycles. The molecule has 22 heavy (non-hydrogen) atoms. The van der Waals surface area contributed by atoms with Gasteiger partial charge in [-0.25, -0.2) is 0 Å². The summed E-state index contributed by atoms with van der Waals surface area (Å²) in [7, 11) is 0. The molecule has 0 aromatic heterocycles. The Morgan fingerprint density at radius 2 is 1.95 bits per heavy atom. The van der Waals surface area contributed by atoms with Gasteiger partial charge in [-0.3, -0.25) is 14.4 Å². The van der Waals surface area contributed by atoms with Crippen LogP contribution in [0.1, 0.15) is 27.6 Å². The first-order chi connectivity index (χ1) is 10.6. The van der Waals surface area contributed by atoms with Crippen molar-refractivity contribution >= 4 is 17.5 Å². The Bertz CT molecular complexity index is 730. The molecule has 5 nitrogen and oxygen atoms in total. The van der Waals surface area contributed by atoms with Crippen LogP contribution in [0.5, 0.6) is 0 Å². The Morgan fingerprint density at radius 3 is 2.68 bits per heavy atom. The molecule has 0 N–H and O–H groups in total. The maximum Gasteiger partial charge on any atom is 0.302 e. The van der Waals surface area contributed by atoms with Gasteiger partial charge in [0.25, 0.3) is 0 Å². The molecular formula is C17H15NO4. The van der Waals surface area contributed by atoms with Crippen molar-refractivity contribution < 1.29 is 19.1 Å². The van der Waals surface area contributed by atoms with Crippen LogP contribution >= 0.6 is 0 Å². The van der Waals surface area contributed by atoms with E-state index in [9.17, 15) is 14.4 Å². The van der Waals surface area contributed by atoms with Gasteiger partial charge in [0.15, 0.2) is 5.78 Å². The molecule has 1 aliphatic heterocycles. The minimum absolute atomic E-state index is 0.141. The van der Waals surface area contributed by atoms with Gasteiger partial charge in [0.1, 0.15) is 6.61 Å². The van der Waals surface area contributed by atoms with Gasteiger partial charge >= 0.3 is 5.97 Å². The summed E-state index contributed by atoms with van der Waals surface area (Å²) in [5.74, 6) is -0.632. The predicted octanol–water partition coefficient (Wildman–Crippen LogP) is 1.75. The summed E-state index contributed by atoms with van der Waals surface area (Å²) < 4.78 is 4.96. The largest absolute Gasteiger partial charge is 0.461 e. The highest BCUT2D eigenvalue weighted by Gasteiger charge is 2.30.